The van der Waals surface area contributed by atoms with Gasteiger partial charge in [-0.1, -0.05) is 24.3 Å². The second-order valence-corrected chi connectivity index (χ2v) is 5.54. The van der Waals surface area contributed by atoms with Crippen molar-refractivity contribution in [2.75, 3.05) is 0 Å². The van der Waals surface area contributed by atoms with E-state index in [4.69, 9.17) is 0 Å². The molecule has 2 aromatic rings. The third-order valence-electron chi connectivity index (χ3n) is 3.94. The third-order valence-corrected chi connectivity index (χ3v) is 3.94. The Bertz CT molecular complexity index is 669. The molecule has 0 saturated carbocycles. The highest BCUT2D eigenvalue weighted by Gasteiger charge is 2.20. The molecule has 1 unspecified atom stereocenters. The van der Waals surface area contributed by atoms with Gasteiger partial charge in [0.25, 0.3) is 0 Å². The topological polar surface area (TPSA) is 53.6 Å². The molecule has 2 N–H and O–H groups in total. The lowest BCUT2D eigenvalue weighted by molar-refractivity contribution is 0.443. The summed E-state index contributed by atoms with van der Waals surface area (Å²) in [5, 5.41) is 3.58. The number of H-pyrrole nitrogens is 1. The Kier molecular flexibility index (Phi) is 4.81. The van der Waals surface area contributed by atoms with Crippen LogP contribution in [0.3, 0.4) is 0 Å². The minimum Gasteiger partial charge on any atom is -0.341 e. The average molecular weight is 294 g/mol. The smallest absolute Gasteiger partial charge is 0.120 e. The van der Waals surface area contributed by atoms with E-state index < -0.39 is 0 Å². The van der Waals surface area contributed by atoms with Crippen LogP contribution in [0.25, 0.3) is 6.08 Å². The van der Waals surface area contributed by atoms with Gasteiger partial charge in [0.05, 0.1) is 30.2 Å². The fraction of sp³-hybridized carbons (Fsp3) is 0.333. The van der Waals surface area contributed by atoms with Crippen LogP contribution in [0.5, 0.6) is 0 Å². The van der Waals surface area contributed by atoms with Crippen molar-refractivity contribution < 1.29 is 0 Å². The summed E-state index contributed by atoms with van der Waals surface area (Å²) in [6.07, 6.45) is 15.3. The van der Waals surface area contributed by atoms with Gasteiger partial charge in [-0.3, -0.25) is 4.98 Å². The first kappa shape index (κ1) is 14.7. The number of hydrogen-bond acceptors (Lipinski definition) is 3. The minimum absolute atomic E-state index is 0.331. The summed E-state index contributed by atoms with van der Waals surface area (Å²) in [4.78, 5) is 12.3. The van der Waals surface area contributed by atoms with E-state index in [-0.39, 0.29) is 0 Å². The molecule has 3 rings (SSSR count). The van der Waals surface area contributed by atoms with Gasteiger partial charge in [-0.15, -0.1) is 0 Å². The van der Waals surface area contributed by atoms with Gasteiger partial charge >= 0.3 is 0 Å². The van der Waals surface area contributed by atoms with Crippen LogP contribution < -0.4 is 5.32 Å². The number of pyridine rings is 1. The predicted octanol–water partition coefficient (Wildman–Crippen LogP) is 3.56. The van der Waals surface area contributed by atoms with Gasteiger partial charge in [-0.05, 0) is 43.9 Å². The van der Waals surface area contributed by atoms with Crippen LogP contribution >= 0.6 is 0 Å². The molecule has 0 spiro atoms. The van der Waals surface area contributed by atoms with Crippen molar-refractivity contribution in [2.24, 2.45) is 0 Å². The molecule has 2 heterocycles. The van der Waals surface area contributed by atoms with Gasteiger partial charge in [-0.2, -0.15) is 0 Å². The van der Waals surface area contributed by atoms with Gasteiger partial charge in [0, 0.05) is 6.20 Å². The monoisotopic (exact) mass is 294 g/mol. The summed E-state index contributed by atoms with van der Waals surface area (Å²) in [6, 6.07) is 4.54. The number of fused-ring (bicyclic) bond motifs is 1. The zero-order chi connectivity index (χ0) is 15.2. The molecule has 2 aromatic heterocycles. The van der Waals surface area contributed by atoms with Crippen molar-refractivity contribution in [3.8, 4) is 0 Å². The average Bonchev–Trinajstić information content (AvgIpc) is 3.01. The number of imidazole rings is 1. The Morgan fingerprint density at radius 3 is 3.23 bits per heavy atom. The number of nitrogens with one attached hydrogen (secondary N) is 2. The number of hydrogen-bond donors (Lipinski definition) is 2. The number of rotatable bonds is 5. The molecule has 4 nitrogen and oxygen atoms in total. The summed E-state index contributed by atoms with van der Waals surface area (Å²) >= 11 is 0. The molecule has 0 amide bonds. The lowest BCUT2D eigenvalue weighted by Gasteiger charge is -2.24. The van der Waals surface area contributed by atoms with Gasteiger partial charge in [0.15, 0.2) is 0 Å². The Labute approximate surface area is 131 Å². The molecule has 0 aromatic carbocycles. The van der Waals surface area contributed by atoms with Crippen LogP contribution in [-0.2, 0) is 13.0 Å². The van der Waals surface area contributed by atoms with E-state index in [1.165, 1.54) is 17.7 Å². The predicted molar refractivity (Wildman–Crippen MR) is 89.2 cm³/mol. The summed E-state index contributed by atoms with van der Waals surface area (Å²) in [7, 11) is 0. The Balaban J connectivity index is 1.62. The Morgan fingerprint density at radius 1 is 1.36 bits per heavy atom. The molecule has 114 valence electrons. The Hall–Kier alpha value is -2.20. The first-order chi connectivity index (χ1) is 10.9. The lowest BCUT2D eigenvalue weighted by atomic mass is 9.92. The van der Waals surface area contributed by atoms with E-state index in [1.54, 1.807) is 0 Å². The number of aryl methyl sites for hydroxylation is 1. The third kappa shape index (κ3) is 3.52. The second-order valence-electron chi connectivity index (χ2n) is 5.54. The normalized spacial score (nSPS) is 18.1. The number of allylic oxidation sites excluding steroid dienone is 3. The van der Waals surface area contributed by atoms with Crippen LogP contribution in [0.4, 0.5) is 0 Å². The molecular formula is C18H22N4. The Morgan fingerprint density at radius 2 is 2.32 bits per heavy atom. The van der Waals surface area contributed by atoms with E-state index in [0.717, 1.165) is 30.9 Å². The standard InChI is InChI=1S/C18H22N4/c1-2-3-4-9-15-12-21-17(22-15)13-20-16-10-5-7-14-8-6-11-19-18(14)16/h2-4,6,8-9,11-12,16,20H,5,7,10,13H2,1H3,(H,21,22)/b3-2-,9-4-. The summed E-state index contributed by atoms with van der Waals surface area (Å²) in [5.74, 6) is 0.961. The van der Waals surface area contributed by atoms with Gasteiger partial charge in [0.2, 0.25) is 0 Å². The van der Waals surface area contributed by atoms with E-state index in [2.05, 4.69) is 26.3 Å². The van der Waals surface area contributed by atoms with Crippen LogP contribution in [0, 0.1) is 0 Å². The van der Waals surface area contributed by atoms with Crippen LogP contribution in [0.2, 0.25) is 0 Å². The van der Waals surface area contributed by atoms with Crippen LogP contribution in [-0.4, -0.2) is 15.0 Å². The van der Waals surface area contributed by atoms with Crippen LogP contribution in [0.1, 0.15) is 48.6 Å². The second kappa shape index (κ2) is 7.18. The maximum atomic E-state index is 4.56. The first-order valence-electron chi connectivity index (χ1n) is 7.87. The lowest BCUT2D eigenvalue weighted by Crippen LogP contribution is -2.26. The van der Waals surface area contributed by atoms with E-state index in [0.29, 0.717) is 6.04 Å². The first-order valence-corrected chi connectivity index (χ1v) is 7.87. The highest BCUT2D eigenvalue weighted by molar-refractivity contribution is 5.45. The minimum atomic E-state index is 0.331. The molecule has 1 atom stereocenters. The molecule has 0 radical (unpaired) electrons. The molecule has 1 aliphatic carbocycles. The molecule has 22 heavy (non-hydrogen) atoms. The molecule has 0 fully saturated rings. The number of aromatic amines is 1. The molecular weight excluding hydrogens is 272 g/mol. The summed E-state index contributed by atoms with van der Waals surface area (Å²) in [6.45, 7) is 2.74. The van der Waals surface area contributed by atoms with Gasteiger partial charge in [-0.25, -0.2) is 4.98 Å². The zero-order valence-corrected chi connectivity index (χ0v) is 12.9. The number of aromatic nitrogens is 3. The highest BCUT2D eigenvalue weighted by Crippen LogP contribution is 2.27. The van der Waals surface area contributed by atoms with Crippen molar-refractivity contribution in [1.82, 2.24) is 20.3 Å². The van der Waals surface area contributed by atoms with Crippen molar-refractivity contribution >= 4 is 6.08 Å². The molecule has 0 saturated heterocycles. The molecule has 0 aliphatic heterocycles. The SMILES string of the molecule is C/C=C\C=C/c1cnc(CNC2CCCc3cccnc32)[nH]1. The van der Waals surface area contributed by atoms with Crippen molar-refractivity contribution in [3.63, 3.8) is 0 Å². The number of nitrogens with zero attached hydrogens (tertiary/aromatic N) is 2. The van der Waals surface area contributed by atoms with Gasteiger partial charge in [0.1, 0.15) is 5.82 Å². The van der Waals surface area contributed by atoms with E-state index in [9.17, 15) is 0 Å². The van der Waals surface area contributed by atoms with Crippen molar-refractivity contribution in [2.45, 2.75) is 38.8 Å². The van der Waals surface area contributed by atoms with Crippen LogP contribution in [0.15, 0.2) is 42.8 Å². The zero-order valence-electron chi connectivity index (χ0n) is 12.9. The summed E-state index contributed by atoms with van der Waals surface area (Å²) in [5.41, 5.74) is 3.60. The maximum Gasteiger partial charge on any atom is 0.120 e. The van der Waals surface area contributed by atoms with Crippen molar-refractivity contribution in [1.29, 1.82) is 0 Å². The van der Waals surface area contributed by atoms with E-state index >= 15 is 0 Å². The van der Waals surface area contributed by atoms with E-state index in [1.807, 2.05) is 49.7 Å². The largest absolute Gasteiger partial charge is 0.341 e. The fourth-order valence-electron chi connectivity index (χ4n) is 2.85. The summed E-state index contributed by atoms with van der Waals surface area (Å²) < 4.78 is 0. The molecule has 0 bridgehead atoms. The molecule has 4 heteroatoms. The van der Waals surface area contributed by atoms with Gasteiger partial charge < -0.3 is 10.3 Å². The molecule has 1 aliphatic rings. The highest BCUT2D eigenvalue weighted by atomic mass is 15.0. The fourth-order valence-corrected chi connectivity index (χ4v) is 2.85. The maximum absolute atomic E-state index is 4.56. The van der Waals surface area contributed by atoms with Crippen molar-refractivity contribution in [3.05, 3.63) is 65.5 Å². The quantitative estimate of drug-likeness (QED) is 0.829.